The number of aromatic nitrogens is 4. The van der Waals surface area contributed by atoms with E-state index >= 15 is 0 Å². The van der Waals surface area contributed by atoms with E-state index in [2.05, 4.69) is 15.1 Å². The van der Waals surface area contributed by atoms with Crippen LogP contribution in [0.2, 0.25) is 0 Å². The Morgan fingerprint density at radius 2 is 1.88 bits per heavy atom. The van der Waals surface area contributed by atoms with Gasteiger partial charge in [-0.3, -0.25) is 19.1 Å². The van der Waals surface area contributed by atoms with E-state index in [4.69, 9.17) is 0 Å². The fourth-order valence-corrected chi connectivity index (χ4v) is 3.10. The number of nitrogens with one attached hydrogen (secondary N) is 2. The zero-order valence-electron chi connectivity index (χ0n) is 14.0. The molecule has 1 aliphatic rings. The number of amides is 1. The number of carbonyl (C=O) groups is 1. The van der Waals surface area contributed by atoms with Crippen LogP contribution in [0.3, 0.4) is 0 Å². The molecule has 0 spiro atoms. The number of carbonyl (C=O) groups excluding carboxylic acids is 1. The summed E-state index contributed by atoms with van der Waals surface area (Å²) in [6.07, 6.45) is -0.656. The number of aliphatic hydroxyl groups excluding tert-OH is 1. The quantitative estimate of drug-likeness (QED) is 0.563. The zero-order valence-corrected chi connectivity index (χ0v) is 14.0. The van der Waals surface area contributed by atoms with Gasteiger partial charge in [0.25, 0.3) is 5.91 Å². The number of aromatic amines is 2. The van der Waals surface area contributed by atoms with Crippen molar-refractivity contribution in [3.8, 4) is 0 Å². The molecule has 3 heterocycles. The molecule has 2 aromatic heterocycles. The zero-order chi connectivity index (χ0) is 18.4. The van der Waals surface area contributed by atoms with Gasteiger partial charge in [-0.1, -0.05) is 0 Å². The molecule has 0 bridgehead atoms. The Balaban J connectivity index is 1.63. The van der Waals surface area contributed by atoms with E-state index in [1.165, 1.54) is 0 Å². The molecule has 1 atom stereocenters. The van der Waals surface area contributed by atoms with Crippen molar-refractivity contribution in [1.82, 2.24) is 24.6 Å². The molecule has 134 valence electrons. The second kappa shape index (κ2) is 5.95. The summed E-state index contributed by atoms with van der Waals surface area (Å²) in [5, 5.41) is 14.0. The minimum Gasteiger partial charge on any atom is -0.387 e. The number of hydrogen-bond donors (Lipinski definition) is 3. The van der Waals surface area contributed by atoms with Crippen LogP contribution < -0.4 is 11.1 Å². The van der Waals surface area contributed by atoms with Crippen LogP contribution in [-0.4, -0.2) is 42.2 Å². The average Bonchev–Trinajstić information content (AvgIpc) is 3.05. The Morgan fingerprint density at radius 3 is 2.62 bits per heavy atom. The van der Waals surface area contributed by atoms with Gasteiger partial charge in [0.1, 0.15) is 0 Å². The number of benzene rings is 1. The van der Waals surface area contributed by atoms with Crippen LogP contribution in [0.15, 0.2) is 33.9 Å². The third kappa shape index (κ3) is 2.72. The molecule has 0 aliphatic carbocycles. The maximum absolute atomic E-state index is 12.8. The first-order valence-corrected chi connectivity index (χ1v) is 8.23. The third-order valence-electron chi connectivity index (χ3n) is 4.50. The van der Waals surface area contributed by atoms with Crippen LogP contribution in [0.4, 0.5) is 0 Å². The first-order valence-electron chi connectivity index (χ1n) is 8.23. The molecular formula is C17H17N5O4. The number of rotatable bonds is 2. The molecular weight excluding hydrogens is 338 g/mol. The van der Waals surface area contributed by atoms with E-state index in [0.717, 1.165) is 5.69 Å². The largest absolute Gasteiger partial charge is 0.387 e. The summed E-state index contributed by atoms with van der Waals surface area (Å²) in [5.74, 6) is -0.176. The number of hydrogen-bond acceptors (Lipinski definition) is 5. The van der Waals surface area contributed by atoms with E-state index in [9.17, 15) is 19.5 Å². The van der Waals surface area contributed by atoms with Crippen molar-refractivity contribution in [1.29, 1.82) is 0 Å². The molecule has 3 N–H and O–H groups in total. The summed E-state index contributed by atoms with van der Waals surface area (Å²) in [5.41, 5.74) is 1.25. The molecule has 9 nitrogen and oxygen atoms in total. The first-order chi connectivity index (χ1) is 12.4. The van der Waals surface area contributed by atoms with E-state index in [-0.39, 0.29) is 5.91 Å². The second-order valence-corrected chi connectivity index (χ2v) is 6.35. The molecule has 3 aromatic rings. The van der Waals surface area contributed by atoms with Gasteiger partial charge in [0.15, 0.2) is 0 Å². The molecule has 1 amide bonds. The SMILES string of the molecule is C[C@H](O)c1cc2n(n1)CCN(C(=O)c1ccc3[nH]c(=O)c(=O)[nH]c3c1)C2. The highest BCUT2D eigenvalue weighted by molar-refractivity contribution is 5.97. The van der Waals surface area contributed by atoms with Crippen molar-refractivity contribution in [2.75, 3.05) is 6.54 Å². The fraction of sp³-hybridized carbons (Fsp3) is 0.294. The van der Waals surface area contributed by atoms with Crippen molar-refractivity contribution < 1.29 is 9.90 Å². The number of fused-ring (bicyclic) bond motifs is 2. The minimum absolute atomic E-state index is 0.176. The Bertz CT molecular complexity index is 1120. The van der Waals surface area contributed by atoms with Crippen LogP contribution in [0, 0.1) is 0 Å². The highest BCUT2D eigenvalue weighted by Crippen LogP contribution is 2.20. The number of H-pyrrole nitrogens is 2. The topological polar surface area (TPSA) is 124 Å². The summed E-state index contributed by atoms with van der Waals surface area (Å²) in [4.78, 5) is 42.3. The molecule has 0 unspecified atom stereocenters. The highest BCUT2D eigenvalue weighted by atomic mass is 16.3. The van der Waals surface area contributed by atoms with Gasteiger partial charge in [-0.05, 0) is 31.2 Å². The summed E-state index contributed by atoms with van der Waals surface area (Å²) < 4.78 is 1.80. The molecule has 1 aliphatic heterocycles. The number of aliphatic hydroxyl groups is 1. The predicted molar refractivity (Wildman–Crippen MR) is 92.8 cm³/mol. The van der Waals surface area contributed by atoms with E-state index in [1.54, 1.807) is 40.8 Å². The molecule has 0 saturated heterocycles. The lowest BCUT2D eigenvalue weighted by Crippen LogP contribution is -2.38. The molecule has 0 fully saturated rings. The smallest absolute Gasteiger partial charge is 0.314 e. The summed E-state index contributed by atoms with van der Waals surface area (Å²) in [6.45, 7) is 3.08. The van der Waals surface area contributed by atoms with Crippen molar-refractivity contribution in [2.45, 2.75) is 26.1 Å². The normalized spacial score (nSPS) is 15.1. The molecule has 26 heavy (non-hydrogen) atoms. The number of nitrogens with zero attached hydrogens (tertiary/aromatic N) is 3. The highest BCUT2D eigenvalue weighted by Gasteiger charge is 2.24. The maximum atomic E-state index is 12.8. The molecule has 4 rings (SSSR count). The van der Waals surface area contributed by atoms with Gasteiger partial charge in [-0.25, -0.2) is 0 Å². The Hall–Kier alpha value is -3.20. The Morgan fingerprint density at radius 1 is 1.15 bits per heavy atom. The molecule has 0 saturated carbocycles. The van der Waals surface area contributed by atoms with Crippen molar-refractivity contribution in [2.24, 2.45) is 0 Å². The maximum Gasteiger partial charge on any atom is 0.314 e. The lowest BCUT2D eigenvalue weighted by Gasteiger charge is -2.27. The minimum atomic E-state index is -0.755. The first kappa shape index (κ1) is 16.3. The predicted octanol–water partition coefficient (Wildman–Crippen LogP) is 0.122. The summed E-state index contributed by atoms with van der Waals surface area (Å²) in [6, 6.07) is 6.57. The van der Waals surface area contributed by atoms with Crippen LogP contribution in [0.1, 0.15) is 34.8 Å². The Labute approximate surface area is 146 Å². The lowest BCUT2D eigenvalue weighted by atomic mass is 10.1. The van der Waals surface area contributed by atoms with Crippen LogP contribution in [0.25, 0.3) is 11.0 Å². The van der Waals surface area contributed by atoms with Crippen molar-refractivity contribution in [3.05, 3.63) is 61.9 Å². The standard InChI is InChI=1S/C17H17N5O4/c1-9(23)13-7-11-8-21(4-5-22(11)20-13)17(26)10-2-3-12-14(6-10)19-16(25)15(24)18-12/h2-3,6-7,9,23H,4-5,8H2,1H3,(H,18,24)(H,19,25)/t9-/m0/s1. The van der Waals surface area contributed by atoms with Crippen LogP contribution in [0.5, 0.6) is 0 Å². The summed E-state index contributed by atoms with van der Waals surface area (Å²) in [7, 11) is 0. The van der Waals surface area contributed by atoms with Crippen LogP contribution in [-0.2, 0) is 13.1 Å². The van der Waals surface area contributed by atoms with Gasteiger partial charge < -0.3 is 20.0 Å². The summed E-state index contributed by atoms with van der Waals surface area (Å²) >= 11 is 0. The van der Waals surface area contributed by atoms with Gasteiger partial charge in [0.2, 0.25) is 0 Å². The van der Waals surface area contributed by atoms with Gasteiger partial charge in [-0.2, -0.15) is 5.10 Å². The fourth-order valence-electron chi connectivity index (χ4n) is 3.10. The monoisotopic (exact) mass is 355 g/mol. The van der Waals surface area contributed by atoms with Crippen LogP contribution >= 0.6 is 0 Å². The van der Waals surface area contributed by atoms with Crippen molar-refractivity contribution in [3.63, 3.8) is 0 Å². The van der Waals surface area contributed by atoms with Gasteiger partial charge in [-0.15, -0.1) is 0 Å². The van der Waals surface area contributed by atoms with Gasteiger partial charge in [0.05, 0.1) is 41.6 Å². The average molecular weight is 355 g/mol. The van der Waals surface area contributed by atoms with Gasteiger partial charge in [0, 0.05) is 12.1 Å². The Kier molecular flexibility index (Phi) is 3.73. The lowest BCUT2D eigenvalue weighted by molar-refractivity contribution is 0.0706. The molecule has 1 aromatic carbocycles. The second-order valence-electron chi connectivity index (χ2n) is 6.35. The molecule has 0 radical (unpaired) electrons. The van der Waals surface area contributed by atoms with Gasteiger partial charge >= 0.3 is 11.1 Å². The van der Waals surface area contributed by atoms with E-state index in [1.807, 2.05) is 0 Å². The van der Waals surface area contributed by atoms with E-state index < -0.39 is 17.2 Å². The van der Waals surface area contributed by atoms with E-state index in [0.29, 0.717) is 41.9 Å². The molecule has 9 heteroatoms. The van der Waals surface area contributed by atoms with Crippen molar-refractivity contribution >= 4 is 16.9 Å². The third-order valence-corrected chi connectivity index (χ3v) is 4.50.